The first-order valence-electron chi connectivity index (χ1n) is 6.97. The van der Waals surface area contributed by atoms with Crippen molar-refractivity contribution >= 4 is 11.6 Å². The fourth-order valence-corrected chi connectivity index (χ4v) is 2.56. The lowest BCUT2D eigenvalue weighted by Crippen LogP contribution is -2.17. The highest BCUT2D eigenvalue weighted by molar-refractivity contribution is 6.40. The third kappa shape index (κ3) is 2.34. The molecule has 1 aromatic carbocycles. The number of carbonyl (C=O) groups is 2. The van der Waals surface area contributed by atoms with Crippen LogP contribution in [-0.4, -0.2) is 29.6 Å². The van der Waals surface area contributed by atoms with Gasteiger partial charge in [-0.15, -0.1) is 0 Å². The van der Waals surface area contributed by atoms with Crippen LogP contribution in [-0.2, 0) is 0 Å². The van der Waals surface area contributed by atoms with Crippen LogP contribution in [0.25, 0.3) is 0 Å². The maximum absolute atomic E-state index is 12.4. The van der Waals surface area contributed by atoms with Crippen LogP contribution in [0.15, 0.2) is 60.0 Å². The Labute approximate surface area is 123 Å². The average molecular weight is 280 g/mol. The Hall–Kier alpha value is -2.46. The minimum atomic E-state index is -0.185. The van der Waals surface area contributed by atoms with Crippen molar-refractivity contribution in [3.63, 3.8) is 0 Å². The number of fused-ring (bicyclic) bond motifs is 1. The molecule has 0 spiro atoms. The molecule has 0 saturated heterocycles. The molecule has 2 aliphatic rings. The van der Waals surface area contributed by atoms with E-state index in [9.17, 15) is 9.59 Å². The number of rotatable bonds is 3. The molecule has 2 N–H and O–H groups in total. The van der Waals surface area contributed by atoms with Crippen LogP contribution in [0, 0.1) is 0 Å². The highest BCUT2D eigenvalue weighted by Gasteiger charge is 2.34. The normalized spacial score (nSPS) is 16.9. The molecule has 0 saturated carbocycles. The van der Waals surface area contributed by atoms with Gasteiger partial charge in [-0.1, -0.05) is 24.3 Å². The highest BCUT2D eigenvalue weighted by Crippen LogP contribution is 2.30. The van der Waals surface area contributed by atoms with Gasteiger partial charge in [-0.25, -0.2) is 0 Å². The Bertz CT molecular complexity index is 645. The number of benzene rings is 1. The van der Waals surface area contributed by atoms with E-state index in [-0.39, 0.29) is 17.1 Å². The van der Waals surface area contributed by atoms with Gasteiger partial charge in [0.15, 0.2) is 11.6 Å². The van der Waals surface area contributed by atoms with Crippen LogP contribution in [0.1, 0.15) is 27.1 Å². The topological polar surface area (TPSA) is 63.4 Å². The van der Waals surface area contributed by atoms with Gasteiger partial charge in [0.1, 0.15) is 0 Å². The molecule has 0 atom stereocenters. The fraction of sp³-hybridized carbons (Fsp3) is 0.176. The van der Waals surface area contributed by atoms with Gasteiger partial charge in [0, 0.05) is 30.1 Å². The number of ketones is 2. The Morgan fingerprint density at radius 1 is 0.952 bits per heavy atom. The van der Waals surface area contributed by atoms with E-state index in [0.717, 1.165) is 13.0 Å². The third-order valence-corrected chi connectivity index (χ3v) is 3.67. The molecule has 0 unspecified atom stereocenters. The summed E-state index contributed by atoms with van der Waals surface area (Å²) in [6.45, 7) is 1.46. The maximum atomic E-state index is 12.4. The van der Waals surface area contributed by atoms with Crippen molar-refractivity contribution < 1.29 is 9.59 Å². The van der Waals surface area contributed by atoms with Crippen LogP contribution >= 0.6 is 0 Å². The number of hydrogen-bond donors (Lipinski definition) is 1. The molecule has 4 heteroatoms. The van der Waals surface area contributed by atoms with E-state index < -0.39 is 0 Å². The molecule has 106 valence electrons. The van der Waals surface area contributed by atoms with E-state index in [2.05, 4.69) is 0 Å². The first-order chi connectivity index (χ1) is 10.2. The molecule has 1 aliphatic heterocycles. The van der Waals surface area contributed by atoms with Crippen LogP contribution in [0.4, 0.5) is 0 Å². The number of Topliss-reactive ketones (excluding diaryl/α,β-unsaturated/α-hetero) is 2. The van der Waals surface area contributed by atoms with Crippen molar-refractivity contribution in [3.05, 3.63) is 71.1 Å². The van der Waals surface area contributed by atoms with E-state index in [4.69, 9.17) is 5.73 Å². The monoisotopic (exact) mass is 280 g/mol. The Morgan fingerprint density at radius 3 is 2.05 bits per heavy atom. The van der Waals surface area contributed by atoms with Gasteiger partial charge in [0.2, 0.25) is 0 Å². The molecule has 4 nitrogen and oxygen atoms in total. The van der Waals surface area contributed by atoms with E-state index >= 15 is 0 Å². The van der Waals surface area contributed by atoms with Gasteiger partial charge < -0.3 is 10.6 Å². The number of nitrogens with two attached hydrogens (primary N) is 1. The molecule has 0 aromatic heterocycles. The quantitative estimate of drug-likeness (QED) is 0.680. The number of allylic oxidation sites excluding steroid dienone is 4. The van der Waals surface area contributed by atoms with Gasteiger partial charge in [0.05, 0.1) is 5.57 Å². The second-order valence-electron chi connectivity index (χ2n) is 5.05. The smallest absolute Gasteiger partial charge is 0.198 e. The zero-order chi connectivity index (χ0) is 14.8. The van der Waals surface area contributed by atoms with Gasteiger partial charge in [-0.05, 0) is 30.7 Å². The minimum Gasteiger partial charge on any atom is -0.354 e. The second-order valence-corrected chi connectivity index (χ2v) is 5.05. The van der Waals surface area contributed by atoms with Gasteiger partial charge in [0.25, 0.3) is 0 Å². The van der Waals surface area contributed by atoms with E-state index in [0.29, 0.717) is 23.2 Å². The minimum absolute atomic E-state index is 0.185. The third-order valence-electron chi connectivity index (χ3n) is 3.67. The molecule has 1 aliphatic carbocycles. The molecule has 0 bridgehead atoms. The fourth-order valence-electron chi connectivity index (χ4n) is 2.56. The summed E-state index contributed by atoms with van der Waals surface area (Å²) >= 11 is 0. The number of nitrogens with zero attached hydrogens (tertiary/aromatic N) is 1. The zero-order valence-electron chi connectivity index (χ0n) is 11.6. The summed E-state index contributed by atoms with van der Waals surface area (Å²) in [6.07, 6.45) is 8.27. The van der Waals surface area contributed by atoms with E-state index in [1.165, 1.54) is 0 Å². The Morgan fingerprint density at radius 2 is 1.52 bits per heavy atom. The molecule has 0 fully saturated rings. The summed E-state index contributed by atoms with van der Waals surface area (Å²) in [6, 6.07) is 6.96. The molecule has 3 rings (SSSR count). The summed E-state index contributed by atoms with van der Waals surface area (Å²) in [7, 11) is 0. The summed E-state index contributed by atoms with van der Waals surface area (Å²) < 4.78 is 0. The SMILES string of the molecule is NCCCN1C=CC(=C2C(=O)c3ccccc3C2=O)C=C1. The highest BCUT2D eigenvalue weighted by atomic mass is 16.2. The average Bonchev–Trinajstić information content (AvgIpc) is 2.78. The standard InChI is InChI=1S/C17H16N2O2/c18-8-3-9-19-10-6-12(7-11-19)15-16(20)13-4-1-2-5-14(13)17(15)21/h1-2,4-7,10-11H,3,8-9,18H2. The molecular formula is C17H16N2O2. The summed E-state index contributed by atoms with van der Waals surface area (Å²) in [4.78, 5) is 26.8. The van der Waals surface area contributed by atoms with Gasteiger partial charge >= 0.3 is 0 Å². The Balaban J connectivity index is 1.91. The molecule has 0 radical (unpaired) electrons. The molecule has 1 aromatic rings. The van der Waals surface area contributed by atoms with Crippen molar-refractivity contribution in [2.75, 3.05) is 13.1 Å². The van der Waals surface area contributed by atoms with Crippen molar-refractivity contribution in [2.24, 2.45) is 5.73 Å². The van der Waals surface area contributed by atoms with Crippen molar-refractivity contribution in [2.45, 2.75) is 6.42 Å². The second kappa shape index (κ2) is 5.50. The lowest BCUT2D eigenvalue weighted by atomic mass is 10.0. The first kappa shape index (κ1) is 13.5. The predicted octanol–water partition coefficient (Wildman–Crippen LogP) is 2.05. The number of carbonyl (C=O) groups excluding carboxylic acids is 2. The van der Waals surface area contributed by atoms with E-state index in [1.54, 1.807) is 24.3 Å². The van der Waals surface area contributed by atoms with Crippen molar-refractivity contribution in [3.8, 4) is 0 Å². The summed E-state index contributed by atoms with van der Waals surface area (Å²) in [5, 5.41) is 0. The summed E-state index contributed by atoms with van der Waals surface area (Å²) in [5.41, 5.74) is 7.42. The van der Waals surface area contributed by atoms with Crippen LogP contribution in [0.2, 0.25) is 0 Å². The van der Waals surface area contributed by atoms with Crippen LogP contribution < -0.4 is 5.73 Å². The zero-order valence-corrected chi connectivity index (χ0v) is 11.6. The molecule has 1 heterocycles. The lowest BCUT2D eigenvalue weighted by Gasteiger charge is -2.18. The molecule has 0 amide bonds. The summed E-state index contributed by atoms with van der Waals surface area (Å²) in [5.74, 6) is -0.370. The lowest BCUT2D eigenvalue weighted by molar-refractivity contribution is 0.0988. The largest absolute Gasteiger partial charge is 0.354 e. The molecule has 21 heavy (non-hydrogen) atoms. The van der Waals surface area contributed by atoms with Crippen molar-refractivity contribution in [1.29, 1.82) is 0 Å². The Kier molecular flexibility index (Phi) is 3.54. The van der Waals surface area contributed by atoms with Gasteiger partial charge in [-0.2, -0.15) is 0 Å². The maximum Gasteiger partial charge on any atom is 0.198 e. The predicted molar refractivity (Wildman–Crippen MR) is 80.8 cm³/mol. The van der Waals surface area contributed by atoms with Crippen LogP contribution in [0.3, 0.4) is 0 Å². The van der Waals surface area contributed by atoms with Crippen LogP contribution in [0.5, 0.6) is 0 Å². The van der Waals surface area contributed by atoms with E-state index in [1.807, 2.05) is 29.5 Å². The first-order valence-corrected chi connectivity index (χ1v) is 6.97. The molecular weight excluding hydrogens is 264 g/mol. The number of hydrogen-bond acceptors (Lipinski definition) is 4. The van der Waals surface area contributed by atoms with Gasteiger partial charge in [-0.3, -0.25) is 9.59 Å². The van der Waals surface area contributed by atoms with Crippen molar-refractivity contribution in [1.82, 2.24) is 4.90 Å².